The second kappa shape index (κ2) is 10.1. The van der Waals surface area contributed by atoms with Crippen LogP contribution < -0.4 is 0 Å². The standard InChI is InChI=1S/C20H33NO3/c1-16(2)14-23-15-19(22)12-21(13-20-8-5-9-24-20)11-18-7-4-6-17(3)10-18/h4,6-7,10,16,19-20,22H,5,8-9,11-15H2,1-3H3/t19-,20+/m0/s1. The van der Waals surface area contributed by atoms with Crippen molar-refractivity contribution in [3.8, 4) is 0 Å². The van der Waals surface area contributed by atoms with Crippen molar-refractivity contribution in [2.75, 3.05) is 32.9 Å². The van der Waals surface area contributed by atoms with Gasteiger partial charge >= 0.3 is 0 Å². The van der Waals surface area contributed by atoms with Crippen LogP contribution in [0.5, 0.6) is 0 Å². The molecule has 2 atom stereocenters. The number of rotatable bonds is 10. The molecule has 2 rings (SSSR count). The fraction of sp³-hybridized carbons (Fsp3) is 0.700. The molecule has 1 aliphatic rings. The van der Waals surface area contributed by atoms with Crippen molar-refractivity contribution in [3.63, 3.8) is 0 Å². The summed E-state index contributed by atoms with van der Waals surface area (Å²) in [6.07, 6.45) is 2.08. The third-order valence-corrected chi connectivity index (χ3v) is 4.20. The number of nitrogens with zero attached hydrogens (tertiary/aromatic N) is 1. The monoisotopic (exact) mass is 335 g/mol. The minimum absolute atomic E-state index is 0.290. The Kier molecular flexibility index (Phi) is 8.19. The summed E-state index contributed by atoms with van der Waals surface area (Å²) < 4.78 is 11.4. The Labute approximate surface area is 146 Å². The SMILES string of the molecule is Cc1cccc(CN(C[C@H](O)COCC(C)C)C[C@H]2CCCO2)c1. The van der Waals surface area contributed by atoms with Crippen molar-refractivity contribution in [1.82, 2.24) is 4.90 Å². The van der Waals surface area contributed by atoms with Crippen LogP contribution in [0.4, 0.5) is 0 Å². The van der Waals surface area contributed by atoms with Gasteiger partial charge in [0.15, 0.2) is 0 Å². The van der Waals surface area contributed by atoms with Crippen molar-refractivity contribution < 1.29 is 14.6 Å². The highest BCUT2D eigenvalue weighted by Gasteiger charge is 2.21. The van der Waals surface area contributed by atoms with E-state index in [1.165, 1.54) is 11.1 Å². The highest BCUT2D eigenvalue weighted by atomic mass is 16.5. The van der Waals surface area contributed by atoms with Crippen molar-refractivity contribution in [2.24, 2.45) is 5.92 Å². The maximum Gasteiger partial charge on any atom is 0.0900 e. The molecule has 1 aliphatic heterocycles. The molecule has 0 unspecified atom stereocenters. The first-order valence-electron chi connectivity index (χ1n) is 9.18. The van der Waals surface area contributed by atoms with Gasteiger partial charge in [0.2, 0.25) is 0 Å². The number of hydrogen-bond acceptors (Lipinski definition) is 4. The molecule has 1 aromatic rings. The van der Waals surface area contributed by atoms with Gasteiger partial charge in [0.05, 0.1) is 18.8 Å². The molecule has 0 bridgehead atoms. The van der Waals surface area contributed by atoms with E-state index in [4.69, 9.17) is 9.47 Å². The average molecular weight is 335 g/mol. The van der Waals surface area contributed by atoms with Crippen molar-refractivity contribution in [2.45, 2.75) is 52.4 Å². The Bertz CT molecular complexity index is 472. The number of aryl methyl sites for hydroxylation is 1. The molecule has 4 nitrogen and oxygen atoms in total. The predicted octanol–water partition coefficient (Wildman–Crippen LogP) is 3.01. The van der Waals surface area contributed by atoms with Crippen molar-refractivity contribution >= 4 is 0 Å². The van der Waals surface area contributed by atoms with E-state index in [9.17, 15) is 5.11 Å². The number of benzene rings is 1. The maximum absolute atomic E-state index is 10.3. The molecule has 136 valence electrons. The van der Waals surface area contributed by atoms with Gasteiger partial charge in [-0.15, -0.1) is 0 Å². The number of aliphatic hydroxyl groups excluding tert-OH is 1. The zero-order chi connectivity index (χ0) is 17.4. The largest absolute Gasteiger partial charge is 0.389 e. The van der Waals surface area contributed by atoms with Crippen LogP contribution in [0, 0.1) is 12.8 Å². The molecule has 0 aromatic heterocycles. The van der Waals surface area contributed by atoms with Gasteiger partial charge < -0.3 is 14.6 Å². The molecule has 0 saturated carbocycles. The Balaban J connectivity index is 1.88. The Morgan fingerprint density at radius 2 is 2.17 bits per heavy atom. The van der Waals surface area contributed by atoms with Crippen LogP contribution in [0.3, 0.4) is 0 Å². The molecule has 1 heterocycles. The van der Waals surface area contributed by atoms with E-state index >= 15 is 0 Å². The van der Waals surface area contributed by atoms with Gasteiger partial charge in [-0.1, -0.05) is 43.7 Å². The molecule has 1 N–H and O–H groups in total. The summed E-state index contributed by atoms with van der Waals surface area (Å²) in [5.41, 5.74) is 2.55. The lowest BCUT2D eigenvalue weighted by molar-refractivity contribution is -0.00390. The third kappa shape index (κ3) is 7.31. The summed E-state index contributed by atoms with van der Waals surface area (Å²) in [5.74, 6) is 0.493. The molecular formula is C20H33NO3. The van der Waals surface area contributed by atoms with E-state index in [1.54, 1.807) is 0 Å². The van der Waals surface area contributed by atoms with Crippen molar-refractivity contribution in [1.29, 1.82) is 0 Å². The number of hydrogen-bond donors (Lipinski definition) is 1. The van der Waals surface area contributed by atoms with Gasteiger partial charge in [0.1, 0.15) is 0 Å². The van der Waals surface area contributed by atoms with Gasteiger partial charge in [0, 0.05) is 32.8 Å². The van der Waals surface area contributed by atoms with Gasteiger partial charge in [-0.25, -0.2) is 0 Å². The molecule has 4 heteroatoms. The molecule has 1 saturated heterocycles. The topological polar surface area (TPSA) is 41.9 Å². The molecule has 0 aliphatic carbocycles. The third-order valence-electron chi connectivity index (χ3n) is 4.20. The second-order valence-electron chi connectivity index (χ2n) is 7.40. The minimum atomic E-state index is -0.463. The number of ether oxygens (including phenoxy) is 2. The van der Waals surface area contributed by atoms with Gasteiger partial charge in [-0.2, -0.15) is 0 Å². The molecule has 1 fully saturated rings. The second-order valence-corrected chi connectivity index (χ2v) is 7.40. The van der Waals surface area contributed by atoms with E-state index in [0.717, 1.165) is 32.5 Å². The smallest absolute Gasteiger partial charge is 0.0900 e. The van der Waals surface area contributed by atoms with Crippen LogP contribution in [0.15, 0.2) is 24.3 Å². The zero-order valence-electron chi connectivity index (χ0n) is 15.4. The summed E-state index contributed by atoms with van der Waals surface area (Å²) in [7, 11) is 0. The average Bonchev–Trinajstić information content (AvgIpc) is 2.99. The molecule has 0 radical (unpaired) electrons. The summed E-state index contributed by atoms with van der Waals surface area (Å²) in [6, 6.07) is 8.57. The quantitative estimate of drug-likeness (QED) is 0.714. The van der Waals surface area contributed by atoms with Crippen molar-refractivity contribution in [3.05, 3.63) is 35.4 Å². The Morgan fingerprint density at radius 1 is 1.33 bits per heavy atom. The highest BCUT2D eigenvalue weighted by molar-refractivity contribution is 5.22. The van der Waals surface area contributed by atoms with Gasteiger partial charge in [-0.05, 0) is 31.2 Å². The first-order chi connectivity index (χ1) is 11.5. The van der Waals surface area contributed by atoms with E-state index in [-0.39, 0.29) is 0 Å². The van der Waals surface area contributed by atoms with Gasteiger partial charge in [0.25, 0.3) is 0 Å². The lowest BCUT2D eigenvalue weighted by Gasteiger charge is -2.27. The minimum Gasteiger partial charge on any atom is -0.389 e. The number of aliphatic hydroxyl groups is 1. The molecular weight excluding hydrogens is 302 g/mol. The van der Waals surface area contributed by atoms with Gasteiger partial charge in [-0.3, -0.25) is 4.90 Å². The lowest BCUT2D eigenvalue weighted by atomic mass is 10.1. The van der Waals surface area contributed by atoms with Crippen LogP contribution in [-0.4, -0.2) is 55.1 Å². The molecule has 1 aromatic carbocycles. The van der Waals surface area contributed by atoms with Crippen LogP contribution in [-0.2, 0) is 16.0 Å². The first-order valence-corrected chi connectivity index (χ1v) is 9.18. The first kappa shape index (κ1) is 19.4. The fourth-order valence-corrected chi connectivity index (χ4v) is 3.14. The molecule has 0 spiro atoms. The van der Waals surface area contributed by atoms with Crippen LogP contribution >= 0.6 is 0 Å². The summed E-state index contributed by atoms with van der Waals surface area (Å²) in [6.45, 7) is 10.6. The van der Waals surface area contributed by atoms with E-state index in [2.05, 4.69) is 49.9 Å². The molecule has 0 amide bonds. The van der Waals surface area contributed by atoms with Crippen LogP contribution in [0.1, 0.15) is 37.8 Å². The lowest BCUT2D eigenvalue weighted by Crippen LogP contribution is -2.39. The van der Waals surface area contributed by atoms with Crippen LogP contribution in [0.2, 0.25) is 0 Å². The zero-order valence-corrected chi connectivity index (χ0v) is 15.4. The van der Waals surface area contributed by atoms with E-state index < -0.39 is 6.10 Å². The van der Waals surface area contributed by atoms with E-state index in [1.807, 2.05) is 0 Å². The summed E-state index contributed by atoms with van der Waals surface area (Å²) >= 11 is 0. The molecule has 24 heavy (non-hydrogen) atoms. The van der Waals surface area contributed by atoms with E-state index in [0.29, 0.717) is 31.8 Å². The summed E-state index contributed by atoms with van der Waals surface area (Å²) in [5, 5.41) is 10.3. The Hall–Kier alpha value is -0.940. The maximum atomic E-state index is 10.3. The fourth-order valence-electron chi connectivity index (χ4n) is 3.14. The predicted molar refractivity (Wildman–Crippen MR) is 97.1 cm³/mol. The normalized spacial score (nSPS) is 19.3. The summed E-state index contributed by atoms with van der Waals surface area (Å²) in [4.78, 5) is 2.30. The highest BCUT2D eigenvalue weighted by Crippen LogP contribution is 2.16. The van der Waals surface area contributed by atoms with Crippen LogP contribution in [0.25, 0.3) is 0 Å². The Morgan fingerprint density at radius 3 is 2.83 bits per heavy atom.